The van der Waals surface area contributed by atoms with Crippen molar-refractivity contribution in [2.75, 3.05) is 0 Å². The largest absolute Gasteiger partial charge is 0.221 e. The van der Waals surface area contributed by atoms with E-state index >= 15 is 0 Å². The molecule has 4 rings (SSSR count). The maximum absolute atomic E-state index is 4.58. The van der Waals surface area contributed by atoms with E-state index in [1.165, 1.54) is 41.7 Å². The molecule has 0 atom stereocenters. The Bertz CT molecular complexity index is 803. The molecule has 1 aliphatic rings. The third-order valence-corrected chi connectivity index (χ3v) is 5.49. The fourth-order valence-corrected chi connectivity index (χ4v) is 3.83. The van der Waals surface area contributed by atoms with Gasteiger partial charge in [-0.05, 0) is 70.2 Å². The summed E-state index contributed by atoms with van der Waals surface area (Å²) in [5.74, 6) is 2.05. The molecule has 0 amide bonds. The van der Waals surface area contributed by atoms with Gasteiger partial charge in [0.25, 0.3) is 0 Å². The van der Waals surface area contributed by atoms with Crippen LogP contribution in [0.3, 0.4) is 0 Å². The minimum atomic E-state index is 0.508. The molecule has 0 unspecified atom stereocenters. The second kappa shape index (κ2) is 6.01. The number of nitrogens with zero attached hydrogens (tertiary/aromatic N) is 6. The van der Waals surface area contributed by atoms with E-state index in [-0.39, 0.29) is 0 Å². The maximum atomic E-state index is 4.58. The van der Waals surface area contributed by atoms with Gasteiger partial charge < -0.3 is 0 Å². The normalized spacial score (nSPS) is 14.6. The maximum Gasteiger partial charge on any atom is 0.221 e. The summed E-state index contributed by atoms with van der Waals surface area (Å²) in [6.07, 6.45) is 2.42. The second-order valence-electron chi connectivity index (χ2n) is 5.91. The molecule has 0 saturated heterocycles. The Morgan fingerprint density at radius 2 is 2.00 bits per heavy atom. The Morgan fingerprint density at radius 1 is 1.22 bits per heavy atom. The molecule has 1 aliphatic carbocycles. The first-order chi connectivity index (χ1) is 11.2. The molecule has 0 bridgehead atoms. The van der Waals surface area contributed by atoms with E-state index in [2.05, 4.69) is 50.9 Å². The van der Waals surface area contributed by atoms with Crippen molar-refractivity contribution in [1.82, 2.24) is 29.6 Å². The minimum Gasteiger partial charge on any atom is -0.212 e. The van der Waals surface area contributed by atoms with E-state index in [1.54, 1.807) is 4.68 Å². The third-order valence-electron chi connectivity index (χ3n) is 3.79. The van der Waals surface area contributed by atoms with Crippen LogP contribution in [-0.4, -0.2) is 29.6 Å². The monoisotopic (exact) mass is 344 g/mol. The molecule has 118 valence electrons. The molecule has 23 heavy (non-hydrogen) atoms. The Morgan fingerprint density at radius 3 is 2.70 bits per heavy atom. The molecule has 0 radical (unpaired) electrons. The molecule has 2 aromatic heterocycles. The lowest BCUT2D eigenvalue weighted by Crippen LogP contribution is -1.99. The lowest BCUT2D eigenvalue weighted by Gasteiger charge is -2.07. The SMILES string of the molecule is CC(C)c1ccc(-n2nnnc2Sc2nc(C3CC3)ns2)cc1. The molecule has 6 nitrogen and oxygen atoms in total. The van der Waals surface area contributed by atoms with Gasteiger partial charge in [-0.2, -0.15) is 9.06 Å². The van der Waals surface area contributed by atoms with Gasteiger partial charge in [0.2, 0.25) is 5.16 Å². The summed E-state index contributed by atoms with van der Waals surface area (Å²) in [6, 6.07) is 8.33. The van der Waals surface area contributed by atoms with Crippen molar-refractivity contribution in [3.8, 4) is 5.69 Å². The summed E-state index contributed by atoms with van der Waals surface area (Å²) in [4.78, 5) is 4.58. The summed E-state index contributed by atoms with van der Waals surface area (Å²) >= 11 is 2.88. The van der Waals surface area contributed by atoms with Crippen molar-refractivity contribution in [3.05, 3.63) is 35.7 Å². The van der Waals surface area contributed by atoms with Gasteiger partial charge in [-0.15, -0.1) is 5.10 Å². The van der Waals surface area contributed by atoms with Gasteiger partial charge in [0, 0.05) is 5.92 Å². The first-order valence-corrected chi connectivity index (χ1v) is 9.20. The van der Waals surface area contributed by atoms with E-state index < -0.39 is 0 Å². The Kier molecular flexibility index (Phi) is 3.86. The molecule has 2 heterocycles. The van der Waals surface area contributed by atoms with Crippen molar-refractivity contribution < 1.29 is 0 Å². The molecule has 0 N–H and O–H groups in total. The molecular weight excluding hydrogens is 328 g/mol. The Hall–Kier alpha value is -1.80. The van der Waals surface area contributed by atoms with Crippen LogP contribution in [0.1, 0.15) is 49.9 Å². The summed E-state index contributed by atoms with van der Waals surface area (Å²) in [7, 11) is 0. The number of aromatic nitrogens is 6. The quantitative estimate of drug-likeness (QED) is 0.703. The lowest BCUT2D eigenvalue weighted by atomic mass is 10.0. The van der Waals surface area contributed by atoms with Crippen molar-refractivity contribution in [3.63, 3.8) is 0 Å². The molecule has 1 aromatic carbocycles. The van der Waals surface area contributed by atoms with Gasteiger partial charge in [-0.3, -0.25) is 0 Å². The number of hydrogen-bond acceptors (Lipinski definition) is 7. The van der Waals surface area contributed by atoms with Crippen LogP contribution >= 0.6 is 23.3 Å². The zero-order chi connectivity index (χ0) is 15.8. The van der Waals surface area contributed by atoms with E-state index in [0.29, 0.717) is 17.0 Å². The Balaban J connectivity index is 1.57. The highest BCUT2D eigenvalue weighted by Gasteiger charge is 2.28. The van der Waals surface area contributed by atoms with Gasteiger partial charge in [0.15, 0.2) is 4.34 Å². The van der Waals surface area contributed by atoms with Crippen LogP contribution < -0.4 is 0 Å². The van der Waals surface area contributed by atoms with Gasteiger partial charge in [0.1, 0.15) is 5.82 Å². The van der Waals surface area contributed by atoms with E-state index in [1.807, 2.05) is 12.1 Å². The van der Waals surface area contributed by atoms with Gasteiger partial charge >= 0.3 is 0 Å². The average Bonchev–Trinajstić information content (AvgIpc) is 3.13. The van der Waals surface area contributed by atoms with Crippen LogP contribution in [0, 0.1) is 0 Å². The first-order valence-electron chi connectivity index (χ1n) is 7.61. The van der Waals surface area contributed by atoms with Crippen LogP contribution in [0.4, 0.5) is 0 Å². The Labute approximate surface area is 142 Å². The van der Waals surface area contributed by atoms with Crippen LogP contribution in [0.25, 0.3) is 5.69 Å². The summed E-state index contributed by atoms with van der Waals surface area (Å²) in [5, 5.41) is 12.7. The highest BCUT2D eigenvalue weighted by atomic mass is 32.2. The lowest BCUT2D eigenvalue weighted by molar-refractivity contribution is 0.754. The minimum absolute atomic E-state index is 0.508. The molecule has 1 fully saturated rings. The fourth-order valence-electron chi connectivity index (χ4n) is 2.25. The molecular formula is C15H16N6S2. The van der Waals surface area contributed by atoms with Crippen molar-refractivity contribution >= 4 is 23.3 Å². The number of hydrogen-bond donors (Lipinski definition) is 0. The zero-order valence-corrected chi connectivity index (χ0v) is 14.5. The predicted molar refractivity (Wildman–Crippen MR) is 89.3 cm³/mol. The van der Waals surface area contributed by atoms with Crippen LogP contribution in [0.5, 0.6) is 0 Å². The van der Waals surface area contributed by atoms with E-state index in [9.17, 15) is 0 Å². The van der Waals surface area contributed by atoms with E-state index in [0.717, 1.165) is 15.9 Å². The molecule has 0 spiro atoms. The van der Waals surface area contributed by atoms with Crippen LogP contribution in [0.2, 0.25) is 0 Å². The molecule has 8 heteroatoms. The number of rotatable bonds is 5. The highest BCUT2D eigenvalue weighted by molar-refractivity contribution is 8.00. The van der Waals surface area contributed by atoms with Crippen LogP contribution in [0.15, 0.2) is 33.8 Å². The van der Waals surface area contributed by atoms with E-state index in [4.69, 9.17) is 0 Å². The standard InChI is InChI=1S/C15H16N6S2/c1-9(2)10-5-7-12(8-6-10)21-14(17-19-20-21)22-15-16-13(18-23-15)11-3-4-11/h5-9,11H,3-4H2,1-2H3. The van der Waals surface area contributed by atoms with Gasteiger partial charge in [-0.1, -0.05) is 26.0 Å². The molecule has 3 aromatic rings. The average molecular weight is 344 g/mol. The fraction of sp³-hybridized carbons (Fsp3) is 0.400. The number of tetrazole rings is 1. The molecule has 1 saturated carbocycles. The summed E-state index contributed by atoms with van der Waals surface area (Å²) in [5.41, 5.74) is 2.25. The zero-order valence-electron chi connectivity index (χ0n) is 12.9. The van der Waals surface area contributed by atoms with Gasteiger partial charge in [-0.25, -0.2) is 4.98 Å². The summed E-state index contributed by atoms with van der Waals surface area (Å²) < 4.78 is 7.06. The summed E-state index contributed by atoms with van der Waals surface area (Å²) in [6.45, 7) is 4.36. The van der Waals surface area contributed by atoms with Crippen LogP contribution in [-0.2, 0) is 0 Å². The van der Waals surface area contributed by atoms with Crippen molar-refractivity contribution in [2.45, 2.75) is 48.0 Å². The topological polar surface area (TPSA) is 69.4 Å². The van der Waals surface area contributed by atoms with Crippen molar-refractivity contribution in [2.24, 2.45) is 0 Å². The molecule has 0 aliphatic heterocycles. The second-order valence-corrected chi connectivity index (χ2v) is 7.88. The predicted octanol–water partition coefficient (Wildman–Crippen LogP) is 3.67. The first kappa shape index (κ1) is 14.8. The third kappa shape index (κ3) is 3.13. The highest BCUT2D eigenvalue weighted by Crippen LogP contribution is 2.40. The smallest absolute Gasteiger partial charge is 0.212 e. The van der Waals surface area contributed by atoms with Gasteiger partial charge in [0.05, 0.1) is 5.69 Å². The van der Waals surface area contributed by atoms with Crippen molar-refractivity contribution in [1.29, 1.82) is 0 Å². The number of benzene rings is 1.